The third-order valence-electron chi connectivity index (χ3n) is 6.51. The fourth-order valence-corrected chi connectivity index (χ4v) is 4.40. The molecule has 33 heavy (non-hydrogen) atoms. The summed E-state index contributed by atoms with van der Waals surface area (Å²) in [7, 11) is 1.64. The van der Waals surface area contributed by atoms with Crippen LogP contribution >= 0.6 is 0 Å². The van der Waals surface area contributed by atoms with Crippen molar-refractivity contribution in [3.8, 4) is 5.75 Å². The minimum Gasteiger partial charge on any atom is -0.497 e. The number of rotatable bonds is 6. The number of methoxy groups -OCH3 is 1. The third-order valence-corrected chi connectivity index (χ3v) is 6.51. The van der Waals surface area contributed by atoms with Crippen LogP contribution in [0.2, 0.25) is 0 Å². The van der Waals surface area contributed by atoms with E-state index in [1.807, 2.05) is 28.9 Å². The fourth-order valence-electron chi connectivity index (χ4n) is 4.40. The lowest BCUT2D eigenvalue weighted by Crippen LogP contribution is -2.35. The Balaban J connectivity index is 1.57. The molecular weight excluding hydrogens is 412 g/mol. The molecule has 2 N–H and O–H groups in total. The molecule has 0 aliphatic carbocycles. The monoisotopic (exact) mass is 446 g/mol. The number of carbonyl (C=O) groups is 1. The van der Waals surface area contributed by atoms with Crippen LogP contribution in [0.25, 0.3) is 0 Å². The molecule has 0 fully saturated rings. The van der Waals surface area contributed by atoms with E-state index in [1.165, 1.54) is 11.1 Å². The summed E-state index contributed by atoms with van der Waals surface area (Å²) in [6.07, 6.45) is 3.62. The lowest BCUT2D eigenvalue weighted by Gasteiger charge is -2.39. The number of hydrogen-bond acceptors (Lipinski definition) is 4. The van der Waals surface area contributed by atoms with E-state index in [0.717, 1.165) is 30.0 Å². The van der Waals surface area contributed by atoms with Crippen LogP contribution in [0.15, 0.2) is 54.7 Å². The quantitative estimate of drug-likeness (QED) is 0.523. The summed E-state index contributed by atoms with van der Waals surface area (Å²) in [5.41, 5.74) is 4.15. The second-order valence-electron chi connectivity index (χ2n) is 9.79. The molecule has 0 bridgehead atoms. The van der Waals surface area contributed by atoms with Gasteiger partial charge in [-0.15, -0.1) is 0 Å². The molecule has 2 unspecified atom stereocenters. The van der Waals surface area contributed by atoms with Crippen molar-refractivity contribution in [3.05, 3.63) is 77.0 Å². The number of amides is 1. The highest BCUT2D eigenvalue weighted by Gasteiger charge is 2.37. The molecule has 1 amide bonds. The van der Waals surface area contributed by atoms with Gasteiger partial charge in [-0.25, -0.2) is 4.68 Å². The van der Waals surface area contributed by atoms with Gasteiger partial charge in [-0.3, -0.25) is 4.79 Å². The average Bonchev–Trinajstić information content (AvgIpc) is 3.25. The van der Waals surface area contributed by atoms with Crippen molar-refractivity contribution < 1.29 is 9.53 Å². The lowest BCUT2D eigenvalue weighted by atomic mass is 9.80. The van der Waals surface area contributed by atoms with Gasteiger partial charge in [0.25, 0.3) is 5.91 Å². The Bertz CT molecular complexity index is 1090. The van der Waals surface area contributed by atoms with Crippen molar-refractivity contribution in [3.63, 3.8) is 0 Å². The first-order chi connectivity index (χ1) is 15.8. The van der Waals surface area contributed by atoms with Crippen LogP contribution in [0.5, 0.6) is 5.75 Å². The second kappa shape index (κ2) is 9.30. The maximum absolute atomic E-state index is 13.1. The first kappa shape index (κ1) is 22.9. The minimum atomic E-state index is -0.130. The number of nitrogens with zero attached hydrogens (tertiary/aromatic N) is 2. The van der Waals surface area contributed by atoms with Gasteiger partial charge in [0.05, 0.1) is 25.4 Å². The van der Waals surface area contributed by atoms with Crippen LogP contribution in [-0.2, 0) is 13.0 Å². The van der Waals surface area contributed by atoms with E-state index in [0.29, 0.717) is 12.1 Å². The molecule has 2 atom stereocenters. The molecule has 1 aliphatic heterocycles. The van der Waals surface area contributed by atoms with Gasteiger partial charge in [-0.1, -0.05) is 64.1 Å². The average molecular weight is 447 g/mol. The van der Waals surface area contributed by atoms with E-state index in [9.17, 15) is 4.79 Å². The van der Waals surface area contributed by atoms with Gasteiger partial charge in [0, 0.05) is 6.54 Å². The van der Waals surface area contributed by atoms with Crippen LogP contribution in [0, 0.1) is 5.41 Å². The van der Waals surface area contributed by atoms with Gasteiger partial charge >= 0.3 is 0 Å². The topological polar surface area (TPSA) is 68.2 Å². The van der Waals surface area contributed by atoms with Gasteiger partial charge < -0.3 is 15.4 Å². The minimum absolute atomic E-state index is 0.00131. The maximum Gasteiger partial charge on any atom is 0.256 e. The number of fused-ring (bicyclic) bond motifs is 1. The molecule has 174 valence electrons. The molecule has 0 saturated heterocycles. The zero-order valence-electron chi connectivity index (χ0n) is 20.2. The molecule has 3 aromatic rings. The summed E-state index contributed by atoms with van der Waals surface area (Å²) in [5, 5.41) is 11.3. The van der Waals surface area contributed by atoms with E-state index >= 15 is 0 Å². The Labute approximate surface area is 196 Å². The van der Waals surface area contributed by atoms with Crippen LogP contribution < -0.4 is 15.4 Å². The number of nitrogens with one attached hydrogen (secondary N) is 2. The van der Waals surface area contributed by atoms with E-state index in [-0.39, 0.29) is 23.4 Å². The molecule has 1 aromatic heterocycles. The van der Waals surface area contributed by atoms with Crippen LogP contribution in [0.3, 0.4) is 0 Å². The van der Waals surface area contributed by atoms with Crippen molar-refractivity contribution in [1.29, 1.82) is 0 Å². The molecule has 2 heterocycles. The first-order valence-electron chi connectivity index (χ1n) is 11.6. The molecule has 0 spiro atoms. The standard InChI is InChI=1S/C27H34N4O2/c1-6-18-7-11-20(12-8-18)23-15-24(27(2,3)4)31-25(30-23)22(17-29-31)26(32)28-16-19-9-13-21(33-5)14-10-19/h7-14,17,23-24,30H,6,15-16H2,1-5H3,(H,28,32). The van der Waals surface area contributed by atoms with Crippen molar-refractivity contribution in [1.82, 2.24) is 15.1 Å². The number of aryl methyl sites for hydroxylation is 1. The molecule has 6 heteroatoms. The molecular formula is C27H34N4O2. The zero-order valence-corrected chi connectivity index (χ0v) is 20.2. The third kappa shape index (κ3) is 4.90. The highest BCUT2D eigenvalue weighted by molar-refractivity contribution is 5.98. The smallest absolute Gasteiger partial charge is 0.256 e. The Morgan fingerprint density at radius 2 is 1.79 bits per heavy atom. The Hall–Kier alpha value is -3.28. The van der Waals surface area contributed by atoms with Gasteiger partial charge in [0.2, 0.25) is 0 Å². The molecule has 1 aliphatic rings. The summed E-state index contributed by atoms with van der Waals surface area (Å²) in [4.78, 5) is 13.1. The van der Waals surface area contributed by atoms with Crippen molar-refractivity contribution in [2.24, 2.45) is 5.41 Å². The van der Waals surface area contributed by atoms with Gasteiger partial charge in [0.15, 0.2) is 0 Å². The number of ether oxygens (including phenoxy) is 1. The fraction of sp³-hybridized carbons (Fsp3) is 0.407. The summed E-state index contributed by atoms with van der Waals surface area (Å²) in [5.74, 6) is 1.46. The van der Waals surface area contributed by atoms with Gasteiger partial charge in [-0.05, 0) is 47.1 Å². The number of anilines is 1. The summed E-state index contributed by atoms with van der Waals surface area (Å²) in [6, 6.07) is 16.8. The molecule has 2 aromatic carbocycles. The van der Waals surface area contributed by atoms with E-state index in [1.54, 1.807) is 13.3 Å². The second-order valence-corrected chi connectivity index (χ2v) is 9.79. The summed E-state index contributed by atoms with van der Waals surface area (Å²) in [6.45, 7) is 9.30. The van der Waals surface area contributed by atoms with Crippen LogP contribution in [0.1, 0.15) is 73.2 Å². The SMILES string of the molecule is CCc1ccc(C2CC(C(C)(C)C)n3ncc(C(=O)NCc4ccc(OC)cc4)c3N2)cc1. The normalized spacial score (nSPS) is 17.7. The molecule has 6 nitrogen and oxygen atoms in total. The molecule has 0 radical (unpaired) electrons. The maximum atomic E-state index is 13.1. The molecule has 0 saturated carbocycles. The van der Waals surface area contributed by atoms with E-state index < -0.39 is 0 Å². The van der Waals surface area contributed by atoms with E-state index in [4.69, 9.17) is 4.74 Å². The lowest BCUT2D eigenvalue weighted by molar-refractivity contribution is 0.0951. The Kier molecular flexibility index (Phi) is 6.45. The summed E-state index contributed by atoms with van der Waals surface area (Å²) >= 11 is 0. The largest absolute Gasteiger partial charge is 0.497 e. The van der Waals surface area contributed by atoms with Crippen molar-refractivity contribution >= 4 is 11.7 Å². The number of aromatic nitrogens is 2. The van der Waals surface area contributed by atoms with Gasteiger partial charge in [-0.2, -0.15) is 5.10 Å². The highest BCUT2D eigenvalue weighted by atomic mass is 16.5. The Morgan fingerprint density at radius 1 is 1.12 bits per heavy atom. The Morgan fingerprint density at radius 3 is 2.39 bits per heavy atom. The first-order valence-corrected chi connectivity index (χ1v) is 11.6. The number of carbonyl (C=O) groups excluding carboxylic acids is 1. The van der Waals surface area contributed by atoms with Crippen LogP contribution in [-0.4, -0.2) is 22.8 Å². The zero-order chi connectivity index (χ0) is 23.6. The van der Waals surface area contributed by atoms with Crippen LogP contribution in [0.4, 0.5) is 5.82 Å². The molecule has 4 rings (SSSR count). The predicted octanol–water partition coefficient (Wildman–Crippen LogP) is 5.53. The number of benzene rings is 2. The van der Waals surface area contributed by atoms with E-state index in [2.05, 4.69) is 67.7 Å². The van der Waals surface area contributed by atoms with Gasteiger partial charge in [0.1, 0.15) is 17.1 Å². The number of hydrogen-bond donors (Lipinski definition) is 2. The van der Waals surface area contributed by atoms with Crippen molar-refractivity contribution in [2.45, 2.75) is 59.2 Å². The summed E-state index contributed by atoms with van der Waals surface area (Å²) < 4.78 is 7.21. The van der Waals surface area contributed by atoms with Crippen molar-refractivity contribution in [2.75, 3.05) is 12.4 Å². The predicted molar refractivity (Wildman–Crippen MR) is 132 cm³/mol. The highest BCUT2D eigenvalue weighted by Crippen LogP contribution is 2.44.